The maximum Gasteiger partial charge on any atom is 0.290 e. The predicted octanol–water partition coefficient (Wildman–Crippen LogP) is 7.98. The van der Waals surface area contributed by atoms with Crippen molar-refractivity contribution in [2.45, 2.75) is 167 Å². The molecule has 5 N–H and O–H groups in total. The number of imidazole rings is 2. The number of ether oxygens (including phenoxy) is 3. The maximum absolute atomic E-state index is 14.3. The van der Waals surface area contributed by atoms with Gasteiger partial charge in [-0.25, -0.2) is 9.97 Å². The van der Waals surface area contributed by atoms with Crippen molar-refractivity contribution < 1.29 is 38.5 Å². The molecular weight excluding hydrogens is 917 g/mol. The minimum absolute atomic E-state index is 0.00251. The molecule has 4 aliphatic heterocycles. The Labute approximate surface area is 424 Å². The number of likely N-dealkylation sites (N-methyl/N-ethyl adjacent to an activating group) is 1. The number of amides is 3. The first kappa shape index (κ1) is 55.4. The molecule has 1 aromatic carbocycles. The van der Waals surface area contributed by atoms with Gasteiger partial charge in [-0.3, -0.25) is 24.2 Å². The Hall–Kier alpha value is -5.95. The van der Waals surface area contributed by atoms with Crippen LogP contribution in [-0.4, -0.2) is 139 Å². The Bertz CT molecular complexity index is 2510. The average molecular weight is 995 g/mol. The summed E-state index contributed by atoms with van der Waals surface area (Å²) in [5.74, 6) is 1.80. The van der Waals surface area contributed by atoms with E-state index in [0.717, 1.165) is 83.8 Å². The molecule has 4 saturated heterocycles. The third-order valence-corrected chi connectivity index (χ3v) is 14.5. The third kappa shape index (κ3) is 12.3. The van der Waals surface area contributed by atoms with E-state index in [1.165, 1.54) is 0 Å². The Kier molecular flexibility index (Phi) is 19.7. The van der Waals surface area contributed by atoms with Gasteiger partial charge in [-0.05, 0) is 129 Å². The number of H-pyrrole nitrogens is 2. The maximum atomic E-state index is 14.3. The van der Waals surface area contributed by atoms with Crippen molar-refractivity contribution in [2.24, 2.45) is 11.8 Å². The molecule has 0 spiro atoms. The number of likely N-dealkylation sites (tertiary alicyclic amines) is 2. The number of aromatic amines is 2. The van der Waals surface area contributed by atoms with Gasteiger partial charge in [-0.2, -0.15) is 0 Å². The molecule has 18 nitrogen and oxygen atoms in total. The number of carboxylic acid groups (broad SMARTS) is 1. The zero-order valence-corrected chi connectivity index (χ0v) is 44.0. The second-order valence-corrected chi connectivity index (χ2v) is 19.6. The number of hydrogen-bond acceptors (Lipinski definition) is 11. The van der Waals surface area contributed by atoms with Gasteiger partial charge in [-0.1, -0.05) is 38.1 Å². The van der Waals surface area contributed by atoms with Crippen LogP contribution in [0, 0.1) is 11.8 Å². The first-order valence-corrected chi connectivity index (χ1v) is 25.7. The Balaban J connectivity index is 0.000000998. The Morgan fingerprint density at radius 1 is 0.708 bits per heavy atom. The van der Waals surface area contributed by atoms with E-state index in [1.54, 1.807) is 20.4 Å². The number of nitrogens with zero attached hydrogens (tertiary/aromatic N) is 6. The van der Waals surface area contributed by atoms with Gasteiger partial charge in [0.15, 0.2) is 0 Å². The average Bonchev–Trinajstić information content (AvgIpc) is 4.23. The summed E-state index contributed by atoms with van der Waals surface area (Å²) in [6.07, 6.45) is 15.1. The van der Waals surface area contributed by atoms with Crippen molar-refractivity contribution in [1.82, 2.24) is 49.8 Å². The quantitative estimate of drug-likeness (QED) is 0.0751. The fourth-order valence-electron chi connectivity index (χ4n) is 11.6. The number of aromatic nitrogens is 6. The SMILES string of the molecule is CC.CNC(C(=O)N1[C@@H](C)CC[C@H]1c1ncc(-c2ccc(-c3cnc(-c4cnc([C@@H]5CCC(C)N5C(=O)C(NC=O)C5C[C@@H](C)O[C@@H](C)C5)[nH]4)c4cccn34)cc2)[nH]1)C1C[C@@H](C)O[C@@H](C)C1.COC.O=CO. The highest BCUT2D eigenvalue weighted by molar-refractivity contribution is 5.85. The minimum Gasteiger partial charge on any atom is -0.483 e. The molecule has 4 aliphatic rings. The highest BCUT2D eigenvalue weighted by Gasteiger charge is 2.45. The summed E-state index contributed by atoms with van der Waals surface area (Å²) in [5, 5.41) is 13.1. The number of hydrogen-bond donors (Lipinski definition) is 5. The molecule has 0 aliphatic carbocycles. The van der Waals surface area contributed by atoms with E-state index in [4.69, 9.17) is 34.3 Å². The van der Waals surface area contributed by atoms with Crippen LogP contribution >= 0.6 is 0 Å². The van der Waals surface area contributed by atoms with Gasteiger partial charge in [0.05, 0.1) is 83.7 Å². The number of nitrogens with one attached hydrogen (secondary N) is 4. The fourth-order valence-corrected chi connectivity index (χ4v) is 11.6. The molecule has 8 heterocycles. The van der Waals surface area contributed by atoms with Crippen LogP contribution in [0.4, 0.5) is 0 Å². The van der Waals surface area contributed by atoms with Crippen LogP contribution in [0.15, 0.2) is 61.2 Å². The molecule has 0 bridgehead atoms. The number of carbonyl (C=O) groups excluding carboxylic acids is 3. The van der Waals surface area contributed by atoms with Crippen molar-refractivity contribution >= 4 is 30.2 Å². The zero-order valence-electron chi connectivity index (χ0n) is 44.0. The van der Waals surface area contributed by atoms with Crippen LogP contribution in [-0.2, 0) is 33.4 Å². The number of carbonyl (C=O) groups is 4. The lowest BCUT2D eigenvalue weighted by Gasteiger charge is -2.39. The summed E-state index contributed by atoms with van der Waals surface area (Å²) in [7, 11) is 5.15. The summed E-state index contributed by atoms with van der Waals surface area (Å²) >= 11 is 0. The number of methoxy groups -OCH3 is 1. The highest BCUT2D eigenvalue weighted by atomic mass is 16.5. The standard InChI is InChI=1S/C49H64N10O5.C2H6O.C2H6.CH2O2/c1-27-10-16-40(58(27)48(61)43(50-7)35-19-29(3)63-30(4)20-35)46-52-23-37(55-46)33-12-14-34(15-13-33)42-25-51-45(39-9-8-18-57(39)42)38-24-53-47(56-38)41-17-11-28(2)59(41)49(62)44(54-26-60)36-21-31(5)64-32(6)22-36;1-3-2;1-2;2-1-3/h8-9,12-15,18,23-32,35-36,40-41,43-44,50H,10-11,16-17,19-22H2,1-7H3,(H,52,55)(H,53,56)(H,54,60);1-2H3;1-2H3;1H,(H,2,3)/t27-,28?,29-,30+,31-,32+,35?,36?,40-,41-,43?,44?;;;/m0.../s1. The molecule has 392 valence electrons. The van der Waals surface area contributed by atoms with Crippen molar-refractivity contribution in [3.8, 4) is 33.9 Å². The van der Waals surface area contributed by atoms with E-state index >= 15 is 0 Å². The zero-order chi connectivity index (χ0) is 52.2. The Morgan fingerprint density at radius 3 is 1.67 bits per heavy atom. The summed E-state index contributed by atoms with van der Waals surface area (Å²) in [4.78, 5) is 74.5. The first-order valence-electron chi connectivity index (χ1n) is 25.7. The van der Waals surface area contributed by atoms with E-state index in [1.807, 2.05) is 70.4 Å². The van der Waals surface area contributed by atoms with Gasteiger partial charge in [0, 0.05) is 38.1 Å². The van der Waals surface area contributed by atoms with Crippen LogP contribution in [0.25, 0.3) is 39.4 Å². The minimum atomic E-state index is -0.624. The van der Waals surface area contributed by atoms with Gasteiger partial charge >= 0.3 is 0 Å². The lowest BCUT2D eigenvalue weighted by atomic mass is 9.85. The summed E-state index contributed by atoms with van der Waals surface area (Å²) in [5.41, 5.74) is 6.30. The molecule has 9 rings (SSSR count). The van der Waals surface area contributed by atoms with E-state index in [-0.39, 0.29) is 84.7 Å². The van der Waals surface area contributed by atoms with Crippen LogP contribution < -0.4 is 10.6 Å². The third-order valence-electron chi connectivity index (χ3n) is 14.5. The second-order valence-electron chi connectivity index (χ2n) is 19.6. The molecule has 72 heavy (non-hydrogen) atoms. The van der Waals surface area contributed by atoms with Gasteiger partial charge < -0.3 is 54.1 Å². The van der Waals surface area contributed by atoms with Crippen molar-refractivity contribution in [3.05, 3.63) is 72.8 Å². The molecule has 18 heteroatoms. The first-order chi connectivity index (χ1) is 34.7. The van der Waals surface area contributed by atoms with Gasteiger partial charge in [0.25, 0.3) is 6.47 Å². The predicted molar refractivity (Wildman–Crippen MR) is 277 cm³/mol. The van der Waals surface area contributed by atoms with E-state index in [2.05, 4.69) is 86.6 Å². The number of fused-ring (bicyclic) bond motifs is 1. The van der Waals surface area contributed by atoms with Crippen LogP contribution in [0.5, 0.6) is 0 Å². The van der Waals surface area contributed by atoms with Gasteiger partial charge in [0.2, 0.25) is 18.2 Å². The van der Waals surface area contributed by atoms with Gasteiger partial charge in [-0.15, -0.1) is 0 Å². The lowest BCUT2D eigenvalue weighted by Crippen LogP contribution is -2.53. The smallest absolute Gasteiger partial charge is 0.290 e. The topological polar surface area (TPSA) is 221 Å². The van der Waals surface area contributed by atoms with Crippen molar-refractivity contribution in [2.75, 3.05) is 21.3 Å². The number of rotatable bonds is 12. The molecule has 0 radical (unpaired) electrons. The number of benzene rings is 1. The normalized spacial score (nSPS) is 26.8. The van der Waals surface area contributed by atoms with Gasteiger partial charge in [0.1, 0.15) is 23.4 Å². The molecule has 4 aromatic heterocycles. The molecule has 0 saturated carbocycles. The molecule has 3 amide bonds. The van der Waals surface area contributed by atoms with Crippen LogP contribution in [0.3, 0.4) is 0 Å². The molecular formula is C54H78N10O8. The van der Waals surface area contributed by atoms with E-state index < -0.39 is 6.04 Å². The van der Waals surface area contributed by atoms with Crippen molar-refractivity contribution in [3.63, 3.8) is 0 Å². The monoisotopic (exact) mass is 995 g/mol. The molecule has 5 aromatic rings. The van der Waals surface area contributed by atoms with Crippen molar-refractivity contribution in [1.29, 1.82) is 0 Å². The molecule has 5 unspecified atom stereocenters. The lowest BCUT2D eigenvalue weighted by molar-refractivity contribution is -0.142. The van der Waals surface area contributed by atoms with E-state index in [0.29, 0.717) is 25.1 Å². The molecule has 4 fully saturated rings. The summed E-state index contributed by atoms with van der Waals surface area (Å²) in [6, 6.07) is 11.3. The largest absolute Gasteiger partial charge is 0.483 e. The summed E-state index contributed by atoms with van der Waals surface area (Å²) < 4.78 is 18.3. The molecule has 12 atom stereocenters. The van der Waals surface area contributed by atoms with E-state index in [9.17, 15) is 14.4 Å². The summed E-state index contributed by atoms with van der Waals surface area (Å²) in [6.45, 7) is 16.2. The fraction of sp³-hybridized carbons (Fsp3) is 0.574. The highest BCUT2D eigenvalue weighted by Crippen LogP contribution is 2.40. The second kappa shape index (κ2) is 25.6. The Morgan fingerprint density at radius 2 is 1.17 bits per heavy atom. The van der Waals surface area contributed by atoms with Crippen LogP contribution in [0.2, 0.25) is 0 Å². The van der Waals surface area contributed by atoms with Crippen LogP contribution in [0.1, 0.15) is 130 Å².